The number of imide groups is 1. The average molecular weight is 543 g/mol. The van der Waals surface area contributed by atoms with Crippen molar-refractivity contribution in [2.24, 2.45) is 11.3 Å². The highest BCUT2D eigenvalue weighted by molar-refractivity contribution is 6.00. The number of halogens is 1. The molecule has 1 atom stereocenters. The minimum absolute atomic E-state index is 0.200. The Morgan fingerprint density at radius 2 is 1.74 bits per heavy atom. The van der Waals surface area contributed by atoms with Gasteiger partial charge in [0.15, 0.2) is 0 Å². The molecule has 1 N–H and O–H groups in total. The van der Waals surface area contributed by atoms with Crippen LogP contribution in [0, 0.1) is 17.2 Å². The van der Waals surface area contributed by atoms with Crippen molar-refractivity contribution in [3.05, 3.63) is 29.6 Å². The first-order chi connectivity index (χ1) is 18.5. The summed E-state index contributed by atoms with van der Waals surface area (Å²) in [5, 5.41) is 2.36. The summed E-state index contributed by atoms with van der Waals surface area (Å²) in [5.74, 6) is -0.742. The topological polar surface area (TPSA) is 82.2 Å². The molecule has 9 heteroatoms. The minimum atomic E-state index is -0.468. The van der Waals surface area contributed by atoms with E-state index in [0.29, 0.717) is 23.6 Å². The predicted molar refractivity (Wildman–Crippen MR) is 147 cm³/mol. The fourth-order valence-corrected chi connectivity index (χ4v) is 6.76. The molecule has 0 aliphatic carbocycles. The molecule has 3 amide bonds. The number of nitrogens with zero attached hydrogens (tertiary/aromatic N) is 3. The highest BCUT2D eigenvalue weighted by atomic mass is 19.1. The van der Waals surface area contributed by atoms with E-state index in [-0.39, 0.29) is 35.6 Å². The Kier molecular flexibility index (Phi) is 7.91. The number of ether oxygens (including phenoxy) is 1. The maximum atomic E-state index is 15.2. The zero-order chi connectivity index (χ0) is 27.8. The molecule has 214 valence electrons. The first-order valence-electron chi connectivity index (χ1n) is 14.6. The van der Waals surface area contributed by atoms with Gasteiger partial charge in [0.25, 0.3) is 0 Å². The van der Waals surface area contributed by atoms with Crippen LogP contribution in [-0.4, -0.2) is 79.1 Å². The summed E-state index contributed by atoms with van der Waals surface area (Å²) >= 11 is 0. The molecule has 5 rings (SSSR count). The van der Waals surface area contributed by atoms with Crippen molar-refractivity contribution in [1.82, 2.24) is 15.1 Å². The van der Waals surface area contributed by atoms with Crippen LogP contribution in [0.25, 0.3) is 0 Å². The first kappa shape index (κ1) is 27.9. The number of piperidine rings is 3. The van der Waals surface area contributed by atoms with Crippen LogP contribution in [0.4, 0.5) is 14.9 Å². The highest BCUT2D eigenvalue weighted by Crippen LogP contribution is 2.43. The Hall–Kier alpha value is -2.68. The summed E-state index contributed by atoms with van der Waals surface area (Å²) in [4.78, 5) is 42.6. The molecule has 1 aromatic rings. The van der Waals surface area contributed by atoms with Gasteiger partial charge in [-0.05, 0) is 101 Å². The van der Waals surface area contributed by atoms with Crippen molar-refractivity contribution in [1.29, 1.82) is 0 Å². The molecule has 1 unspecified atom stereocenters. The van der Waals surface area contributed by atoms with E-state index in [1.54, 1.807) is 0 Å². The molecule has 0 bridgehead atoms. The Morgan fingerprint density at radius 1 is 1.05 bits per heavy atom. The van der Waals surface area contributed by atoms with Crippen LogP contribution in [0.5, 0.6) is 0 Å². The molecule has 4 heterocycles. The molecule has 1 spiro atoms. The number of amides is 3. The quantitative estimate of drug-likeness (QED) is 0.572. The fraction of sp³-hybridized carbons (Fsp3) is 0.700. The van der Waals surface area contributed by atoms with Crippen LogP contribution in [-0.2, 0) is 14.3 Å². The molecule has 0 aromatic heterocycles. The van der Waals surface area contributed by atoms with Crippen molar-refractivity contribution in [2.75, 3.05) is 50.7 Å². The van der Waals surface area contributed by atoms with E-state index < -0.39 is 11.5 Å². The van der Waals surface area contributed by atoms with Gasteiger partial charge in [0.2, 0.25) is 11.8 Å². The minimum Gasteiger partial charge on any atom is -0.444 e. The second-order valence-electron chi connectivity index (χ2n) is 13.1. The second kappa shape index (κ2) is 11.1. The van der Waals surface area contributed by atoms with Crippen LogP contribution in [0.1, 0.15) is 77.2 Å². The predicted octanol–water partition coefficient (Wildman–Crippen LogP) is 4.29. The Balaban J connectivity index is 1.09. The molecule has 4 aliphatic rings. The van der Waals surface area contributed by atoms with Gasteiger partial charge in [0.1, 0.15) is 11.4 Å². The number of hydrogen-bond donors (Lipinski definition) is 1. The van der Waals surface area contributed by atoms with E-state index in [1.165, 1.54) is 6.07 Å². The molecule has 0 saturated carbocycles. The lowest BCUT2D eigenvalue weighted by Gasteiger charge is -2.42. The third-order valence-corrected chi connectivity index (χ3v) is 9.09. The number of hydrogen-bond acceptors (Lipinski definition) is 6. The summed E-state index contributed by atoms with van der Waals surface area (Å²) in [7, 11) is 0. The Labute approximate surface area is 231 Å². The lowest BCUT2D eigenvalue weighted by atomic mass is 9.77. The van der Waals surface area contributed by atoms with Gasteiger partial charge in [0.05, 0.1) is 11.6 Å². The van der Waals surface area contributed by atoms with Gasteiger partial charge in [-0.1, -0.05) is 6.07 Å². The van der Waals surface area contributed by atoms with Crippen LogP contribution in [0.15, 0.2) is 18.2 Å². The fourth-order valence-electron chi connectivity index (χ4n) is 6.76. The van der Waals surface area contributed by atoms with Gasteiger partial charge in [-0.25, -0.2) is 9.18 Å². The maximum absolute atomic E-state index is 15.2. The van der Waals surface area contributed by atoms with Crippen molar-refractivity contribution < 1.29 is 23.5 Å². The summed E-state index contributed by atoms with van der Waals surface area (Å²) in [6.07, 6.45) is 5.86. The zero-order valence-corrected chi connectivity index (χ0v) is 23.6. The number of carbonyl (C=O) groups excluding carboxylic acids is 3. The maximum Gasteiger partial charge on any atom is 0.410 e. The van der Waals surface area contributed by atoms with Crippen molar-refractivity contribution in [3.8, 4) is 0 Å². The lowest BCUT2D eigenvalue weighted by Crippen LogP contribution is -2.46. The molecule has 4 fully saturated rings. The van der Waals surface area contributed by atoms with E-state index in [1.807, 2.05) is 37.8 Å². The molecule has 8 nitrogen and oxygen atoms in total. The summed E-state index contributed by atoms with van der Waals surface area (Å²) < 4.78 is 20.7. The van der Waals surface area contributed by atoms with E-state index in [9.17, 15) is 14.4 Å². The number of rotatable bonds is 4. The number of anilines is 1. The molecule has 4 aliphatic heterocycles. The van der Waals surface area contributed by atoms with Gasteiger partial charge in [0, 0.05) is 39.1 Å². The molecule has 4 saturated heterocycles. The summed E-state index contributed by atoms with van der Waals surface area (Å²) in [5.41, 5.74) is 1.02. The zero-order valence-electron chi connectivity index (χ0n) is 23.6. The van der Waals surface area contributed by atoms with E-state index >= 15 is 4.39 Å². The van der Waals surface area contributed by atoms with Gasteiger partial charge in [-0.2, -0.15) is 0 Å². The average Bonchev–Trinajstić information content (AvgIpc) is 3.28. The Morgan fingerprint density at radius 3 is 2.38 bits per heavy atom. The van der Waals surface area contributed by atoms with E-state index in [0.717, 1.165) is 77.9 Å². The van der Waals surface area contributed by atoms with Gasteiger partial charge in [-0.3, -0.25) is 14.9 Å². The second-order valence-corrected chi connectivity index (χ2v) is 13.1. The molecule has 0 radical (unpaired) electrons. The molecule has 1 aromatic carbocycles. The molecule has 39 heavy (non-hydrogen) atoms. The summed E-state index contributed by atoms with van der Waals surface area (Å²) in [6, 6.07) is 5.14. The lowest BCUT2D eigenvalue weighted by molar-refractivity contribution is -0.134. The SMILES string of the molecule is CC(C)(C)OC(=O)N1CCC(CN2CCC3(CC2)CCN(c2ccc(C4CCC(=O)NC4=O)cc2F)C3)CC1. The van der Waals surface area contributed by atoms with Crippen LogP contribution < -0.4 is 10.2 Å². The van der Waals surface area contributed by atoms with E-state index in [4.69, 9.17) is 4.74 Å². The van der Waals surface area contributed by atoms with Crippen molar-refractivity contribution in [3.63, 3.8) is 0 Å². The number of likely N-dealkylation sites (tertiary alicyclic amines) is 2. The van der Waals surface area contributed by atoms with Gasteiger partial charge >= 0.3 is 6.09 Å². The Bertz CT molecular complexity index is 1090. The first-order valence-corrected chi connectivity index (χ1v) is 14.6. The van der Waals surface area contributed by atoms with Crippen molar-refractivity contribution in [2.45, 2.75) is 77.2 Å². The highest BCUT2D eigenvalue weighted by Gasteiger charge is 2.42. The third-order valence-electron chi connectivity index (χ3n) is 9.09. The van der Waals surface area contributed by atoms with Crippen LogP contribution in [0.2, 0.25) is 0 Å². The molecular formula is C30H43FN4O4. The normalized spacial score (nSPS) is 24.8. The summed E-state index contributed by atoms with van der Waals surface area (Å²) in [6.45, 7) is 12.2. The van der Waals surface area contributed by atoms with Gasteiger partial charge < -0.3 is 19.4 Å². The standard InChI is InChI=1S/C30H43FN4O4/c1-29(2,3)39-28(38)34-13-8-21(9-14-34)19-33-15-10-30(11-16-33)12-17-35(20-30)25-6-4-22(18-24(25)31)23-5-7-26(36)32-27(23)37/h4,6,18,21,23H,5,7-17,19-20H2,1-3H3,(H,32,36,37). The largest absolute Gasteiger partial charge is 0.444 e. The van der Waals surface area contributed by atoms with Crippen LogP contribution >= 0.6 is 0 Å². The van der Waals surface area contributed by atoms with Gasteiger partial charge in [-0.15, -0.1) is 0 Å². The number of carbonyl (C=O) groups is 3. The van der Waals surface area contributed by atoms with Crippen molar-refractivity contribution >= 4 is 23.6 Å². The monoisotopic (exact) mass is 542 g/mol. The number of nitrogens with one attached hydrogen (secondary N) is 1. The third kappa shape index (κ3) is 6.56. The molecular weight excluding hydrogens is 499 g/mol. The smallest absolute Gasteiger partial charge is 0.410 e. The number of benzene rings is 1. The van der Waals surface area contributed by atoms with Crippen LogP contribution in [0.3, 0.4) is 0 Å². The van der Waals surface area contributed by atoms with E-state index in [2.05, 4.69) is 15.1 Å².